The van der Waals surface area contributed by atoms with Gasteiger partial charge in [0.05, 0.1) is 6.04 Å². The van der Waals surface area contributed by atoms with Crippen molar-refractivity contribution in [1.82, 2.24) is 15.2 Å². The molecule has 2 aromatic rings. The number of hydrogen-bond acceptors (Lipinski definition) is 4. The minimum atomic E-state index is -0.0143. The van der Waals surface area contributed by atoms with Crippen molar-refractivity contribution in [2.45, 2.75) is 25.4 Å². The Balaban J connectivity index is 1.49. The second-order valence-corrected chi connectivity index (χ2v) is 7.96. The van der Waals surface area contributed by atoms with Gasteiger partial charge in [0.25, 0.3) is 0 Å². The van der Waals surface area contributed by atoms with Crippen molar-refractivity contribution < 1.29 is 9.53 Å². The normalized spacial score (nSPS) is 20.5. The fraction of sp³-hybridized carbons (Fsp3) is 0.455. The Morgan fingerprint density at radius 1 is 1.21 bits per heavy atom. The maximum absolute atomic E-state index is 13.0. The molecule has 0 radical (unpaired) electrons. The molecule has 1 unspecified atom stereocenters. The lowest BCUT2D eigenvalue weighted by molar-refractivity contribution is -0.111. The molecule has 2 amide bonds. The summed E-state index contributed by atoms with van der Waals surface area (Å²) in [7, 11) is 3.92. The molecule has 4 rings (SSSR count). The van der Waals surface area contributed by atoms with Crippen molar-refractivity contribution in [2.24, 2.45) is 5.41 Å². The van der Waals surface area contributed by atoms with Crippen molar-refractivity contribution in [2.75, 3.05) is 38.8 Å². The zero-order valence-corrected chi connectivity index (χ0v) is 16.6. The number of amides is 2. The number of likely N-dealkylation sites (tertiary alicyclic amines) is 1. The van der Waals surface area contributed by atoms with Crippen LogP contribution in [0, 0.1) is 5.41 Å². The summed E-state index contributed by atoms with van der Waals surface area (Å²) in [5.41, 5.74) is 2.36. The molecule has 2 fully saturated rings. The van der Waals surface area contributed by atoms with Crippen molar-refractivity contribution in [1.29, 1.82) is 0 Å². The quantitative estimate of drug-likeness (QED) is 0.885. The van der Waals surface area contributed by atoms with E-state index in [0.717, 1.165) is 44.0 Å². The monoisotopic (exact) mass is 380 g/mol. The first-order valence-corrected chi connectivity index (χ1v) is 9.89. The van der Waals surface area contributed by atoms with E-state index in [-0.39, 0.29) is 17.5 Å². The minimum absolute atomic E-state index is 0.0143. The number of anilines is 1. The summed E-state index contributed by atoms with van der Waals surface area (Å²) in [6.45, 7) is 2.81. The van der Waals surface area contributed by atoms with E-state index in [1.807, 2.05) is 42.1 Å². The topological polar surface area (TPSA) is 57.7 Å². The fourth-order valence-corrected chi connectivity index (χ4v) is 4.55. The first kappa shape index (κ1) is 18.7. The summed E-state index contributed by atoms with van der Waals surface area (Å²) in [5, 5.41) is 3.11. The van der Waals surface area contributed by atoms with Gasteiger partial charge in [0, 0.05) is 57.6 Å². The highest BCUT2D eigenvalue weighted by Crippen LogP contribution is 2.54. The van der Waals surface area contributed by atoms with Crippen LogP contribution in [0.1, 0.15) is 30.0 Å². The smallest absolute Gasteiger partial charge is 0.318 e. The van der Waals surface area contributed by atoms with E-state index in [9.17, 15) is 4.79 Å². The zero-order valence-electron chi connectivity index (χ0n) is 16.6. The van der Waals surface area contributed by atoms with Gasteiger partial charge in [-0.2, -0.15) is 0 Å². The molecule has 1 atom stereocenters. The highest BCUT2D eigenvalue weighted by atomic mass is 16.5. The molecule has 0 bridgehead atoms. The predicted molar refractivity (Wildman–Crippen MR) is 109 cm³/mol. The van der Waals surface area contributed by atoms with E-state index >= 15 is 0 Å². The van der Waals surface area contributed by atoms with E-state index in [1.54, 1.807) is 6.20 Å². The third kappa shape index (κ3) is 3.44. The standard InChI is InChI=1S/C22H28N4O2/c1-25(2)20-18(9-6-12-23-20)15-24-21(27)26-16-22(10-13-28-14-11-22)19(26)17-7-4-3-5-8-17/h3-9,12,19H,10-11,13-16H2,1-2H3,(H,24,27). The van der Waals surface area contributed by atoms with Crippen LogP contribution in [0.5, 0.6) is 0 Å². The van der Waals surface area contributed by atoms with Gasteiger partial charge in [-0.15, -0.1) is 0 Å². The van der Waals surface area contributed by atoms with E-state index in [4.69, 9.17) is 4.74 Å². The number of pyridine rings is 1. The van der Waals surface area contributed by atoms with Crippen molar-refractivity contribution in [3.05, 3.63) is 59.8 Å². The van der Waals surface area contributed by atoms with Gasteiger partial charge in [0.15, 0.2) is 0 Å². The predicted octanol–water partition coefficient (Wildman–Crippen LogP) is 3.21. The van der Waals surface area contributed by atoms with Crippen LogP contribution in [0.4, 0.5) is 10.6 Å². The second kappa shape index (κ2) is 7.80. The van der Waals surface area contributed by atoms with Crippen LogP contribution in [0.3, 0.4) is 0 Å². The number of ether oxygens (including phenoxy) is 1. The van der Waals surface area contributed by atoms with E-state index in [1.165, 1.54) is 5.56 Å². The molecule has 148 valence electrons. The number of rotatable bonds is 4. The molecule has 2 aliphatic heterocycles. The summed E-state index contributed by atoms with van der Waals surface area (Å²) >= 11 is 0. The van der Waals surface area contributed by atoms with Gasteiger partial charge in [-0.1, -0.05) is 36.4 Å². The Morgan fingerprint density at radius 2 is 1.96 bits per heavy atom. The van der Waals surface area contributed by atoms with Crippen LogP contribution in [0.15, 0.2) is 48.7 Å². The molecule has 3 heterocycles. The lowest BCUT2D eigenvalue weighted by Gasteiger charge is -2.59. The van der Waals surface area contributed by atoms with Crippen LogP contribution in [0.2, 0.25) is 0 Å². The number of nitrogens with zero attached hydrogens (tertiary/aromatic N) is 3. The van der Waals surface area contributed by atoms with Crippen LogP contribution in [-0.4, -0.2) is 49.8 Å². The van der Waals surface area contributed by atoms with E-state index in [2.05, 4.69) is 34.6 Å². The second-order valence-electron chi connectivity index (χ2n) is 7.96. The van der Waals surface area contributed by atoms with E-state index < -0.39 is 0 Å². The van der Waals surface area contributed by atoms with Crippen LogP contribution < -0.4 is 10.2 Å². The maximum Gasteiger partial charge on any atom is 0.318 e. The molecule has 6 nitrogen and oxygen atoms in total. The average molecular weight is 380 g/mol. The Hall–Kier alpha value is -2.60. The Kier molecular flexibility index (Phi) is 5.22. The van der Waals surface area contributed by atoms with Gasteiger partial charge in [0.2, 0.25) is 0 Å². The first-order valence-electron chi connectivity index (χ1n) is 9.89. The summed E-state index contributed by atoms with van der Waals surface area (Å²) in [6, 6.07) is 14.4. The van der Waals surface area contributed by atoms with Gasteiger partial charge in [0.1, 0.15) is 5.82 Å². The summed E-state index contributed by atoms with van der Waals surface area (Å²) in [5.74, 6) is 0.881. The highest BCUT2D eigenvalue weighted by molar-refractivity contribution is 5.76. The molecule has 2 saturated heterocycles. The first-order chi connectivity index (χ1) is 13.6. The van der Waals surface area contributed by atoms with Crippen molar-refractivity contribution in [3.8, 4) is 0 Å². The third-order valence-electron chi connectivity index (χ3n) is 5.96. The van der Waals surface area contributed by atoms with Gasteiger partial charge in [-0.3, -0.25) is 0 Å². The summed E-state index contributed by atoms with van der Waals surface area (Å²) in [4.78, 5) is 21.4. The number of urea groups is 1. The van der Waals surface area contributed by atoms with Crippen LogP contribution >= 0.6 is 0 Å². The maximum atomic E-state index is 13.0. The zero-order chi connectivity index (χ0) is 19.6. The third-order valence-corrected chi connectivity index (χ3v) is 5.96. The number of nitrogens with one attached hydrogen (secondary N) is 1. The van der Waals surface area contributed by atoms with Gasteiger partial charge < -0.3 is 19.9 Å². The molecular weight excluding hydrogens is 352 g/mol. The minimum Gasteiger partial charge on any atom is -0.381 e. The molecule has 0 aliphatic carbocycles. The van der Waals surface area contributed by atoms with Gasteiger partial charge in [-0.25, -0.2) is 9.78 Å². The van der Waals surface area contributed by atoms with Crippen LogP contribution in [-0.2, 0) is 11.3 Å². The number of hydrogen-bond donors (Lipinski definition) is 1. The van der Waals surface area contributed by atoms with Crippen molar-refractivity contribution >= 4 is 11.8 Å². The van der Waals surface area contributed by atoms with Crippen LogP contribution in [0.25, 0.3) is 0 Å². The molecule has 1 aromatic heterocycles. The summed E-state index contributed by atoms with van der Waals surface area (Å²) in [6.07, 6.45) is 3.78. The highest BCUT2D eigenvalue weighted by Gasteiger charge is 2.55. The SMILES string of the molecule is CN(C)c1ncccc1CNC(=O)N1CC2(CCOCC2)C1c1ccccc1. The molecule has 0 saturated carbocycles. The molecule has 6 heteroatoms. The number of carbonyl (C=O) groups excluding carboxylic acids is 1. The molecule has 1 aromatic carbocycles. The molecular formula is C22H28N4O2. The van der Waals surface area contributed by atoms with E-state index in [0.29, 0.717) is 6.54 Å². The average Bonchev–Trinajstić information content (AvgIpc) is 2.72. The molecule has 1 spiro atoms. The Morgan fingerprint density at radius 3 is 2.68 bits per heavy atom. The van der Waals surface area contributed by atoms with Gasteiger partial charge >= 0.3 is 6.03 Å². The molecule has 2 aliphatic rings. The van der Waals surface area contributed by atoms with Gasteiger partial charge in [-0.05, 0) is 24.5 Å². The lowest BCUT2D eigenvalue weighted by Crippen LogP contribution is -2.64. The number of benzene rings is 1. The molecule has 28 heavy (non-hydrogen) atoms. The largest absolute Gasteiger partial charge is 0.381 e. The Labute approximate surface area is 166 Å². The number of carbonyl (C=O) groups is 1. The fourth-order valence-electron chi connectivity index (χ4n) is 4.55. The number of aromatic nitrogens is 1. The Bertz CT molecular complexity index is 818. The summed E-state index contributed by atoms with van der Waals surface area (Å²) < 4.78 is 5.59. The van der Waals surface area contributed by atoms with Crippen molar-refractivity contribution in [3.63, 3.8) is 0 Å². The molecule has 1 N–H and O–H groups in total. The lowest BCUT2D eigenvalue weighted by atomic mass is 9.64.